The zero-order valence-electron chi connectivity index (χ0n) is 12.3. The molecule has 0 saturated carbocycles. The van der Waals surface area contributed by atoms with Gasteiger partial charge in [-0.2, -0.15) is 10.1 Å². The average Bonchev–Trinajstić information content (AvgIpc) is 3.26. The van der Waals surface area contributed by atoms with Crippen LogP contribution in [0, 0.1) is 0 Å². The Hall–Kier alpha value is -3.68. The van der Waals surface area contributed by atoms with Crippen LogP contribution in [0.1, 0.15) is 10.4 Å². The number of H-pyrrole nitrogens is 2. The number of carboxylic acids is 1. The van der Waals surface area contributed by atoms with Crippen molar-refractivity contribution in [3.63, 3.8) is 0 Å². The fourth-order valence-electron chi connectivity index (χ4n) is 2.42. The number of carboxylic acid groups (broad SMARTS) is 1. The molecule has 0 bridgehead atoms. The van der Waals surface area contributed by atoms with Gasteiger partial charge in [-0.25, -0.2) is 9.78 Å². The Labute approximate surface area is 135 Å². The van der Waals surface area contributed by atoms with Crippen LogP contribution in [0.4, 0.5) is 11.6 Å². The fraction of sp³-hybridized carbons (Fsp3) is 0. The van der Waals surface area contributed by atoms with Crippen LogP contribution in [0.3, 0.4) is 0 Å². The SMILES string of the molecule is O=C(O)c1ccc(Nc2nc(-c3cn[nH]c3)c3cc[nH]c3n2)cc1. The third-order valence-corrected chi connectivity index (χ3v) is 3.58. The summed E-state index contributed by atoms with van der Waals surface area (Å²) in [4.78, 5) is 23.0. The van der Waals surface area contributed by atoms with E-state index in [9.17, 15) is 4.79 Å². The van der Waals surface area contributed by atoms with Gasteiger partial charge in [-0.05, 0) is 30.3 Å². The molecule has 8 heteroatoms. The minimum Gasteiger partial charge on any atom is -0.478 e. The van der Waals surface area contributed by atoms with Crippen molar-refractivity contribution in [2.24, 2.45) is 0 Å². The van der Waals surface area contributed by atoms with Gasteiger partial charge in [-0.1, -0.05) is 0 Å². The van der Waals surface area contributed by atoms with Gasteiger partial charge in [0.2, 0.25) is 5.95 Å². The number of aromatic carboxylic acids is 1. The second-order valence-corrected chi connectivity index (χ2v) is 5.13. The first-order valence-electron chi connectivity index (χ1n) is 7.15. The first kappa shape index (κ1) is 13.9. The highest BCUT2D eigenvalue weighted by molar-refractivity contribution is 5.91. The van der Waals surface area contributed by atoms with Crippen molar-refractivity contribution in [1.29, 1.82) is 0 Å². The third kappa shape index (κ3) is 2.45. The Balaban J connectivity index is 1.73. The number of hydrogen-bond donors (Lipinski definition) is 4. The molecule has 3 aromatic heterocycles. The number of nitrogens with one attached hydrogen (secondary N) is 3. The summed E-state index contributed by atoms with van der Waals surface area (Å²) >= 11 is 0. The summed E-state index contributed by atoms with van der Waals surface area (Å²) in [5.41, 5.74) is 3.22. The number of fused-ring (bicyclic) bond motifs is 1. The van der Waals surface area contributed by atoms with Crippen LogP contribution in [-0.2, 0) is 0 Å². The van der Waals surface area contributed by atoms with Crippen molar-refractivity contribution in [3.05, 3.63) is 54.5 Å². The van der Waals surface area contributed by atoms with Crippen molar-refractivity contribution in [1.82, 2.24) is 25.1 Å². The molecule has 0 saturated heterocycles. The minimum atomic E-state index is -0.965. The molecule has 0 radical (unpaired) electrons. The van der Waals surface area contributed by atoms with E-state index in [1.807, 2.05) is 6.07 Å². The van der Waals surface area contributed by atoms with Crippen molar-refractivity contribution in [2.75, 3.05) is 5.32 Å². The number of carbonyl (C=O) groups is 1. The van der Waals surface area contributed by atoms with Crippen LogP contribution >= 0.6 is 0 Å². The van der Waals surface area contributed by atoms with Gasteiger partial charge in [0, 0.05) is 29.0 Å². The van der Waals surface area contributed by atoms with Crippen molar-refractivity contribution >= 4 is 28.6 Å². The van der Waals surface area contributed by atoms with E-state index in [0.717, 1.165) is 16.6 Å². The molecule has 118 valence electrons. The molecule has 24 heavy (non-hydrogen) atoms. The van der Waals surface area contributed by atoms with Crippen LogP contribution in [0.5, 0.6) is 0 Å². The zero-order chi connectivity index (χ0) is 16.5. The van der Waals surface area contributed by atoms with Crippen molar-refractivity contribution < 1.29 is 9.90 Å². The van der Waals surface area contributed by atoms with E-state index < -0.39 is 5.97 Å². The predicted molar refractivity (Wildman–Crippen MR) is 88.2 cm³/mol. The summed E-state index contributed by atoms with van der Waals surface area (Å²) < 4.78 is 0. The third-order valence-electron chi connectivity index (χ3n) is 3.58. The maximum absolute atomic E-state index is 10.9. The predicted octanol–water partition coefficient (Wildman–Crippen LogP) is 2.79. The van der Waals surface area contributed by atoms with E-state index in [4.69, 9.17) is 5.11 Å². The molecule has 0 amide bonds. The average molecular weight is 320 g/mol. The number of benzene rings is 1. The maximum atomic E-state index is 10.9. The van der Waals surface area contributed by atoms with Crippen LogP contribution in [0.2, 0.25) is 0 Å². The number of aromatic amines is 2. The standard InChI is InChI=1S/C16H12N6O2/c23-15(24)9-1-3-11(4-2-9)20-16-21-13(10-7-18-19-8-10)12-5-6-17-14(12)22-16/h1-8H,(H,18,19)(H,23,24)(H2,17,20,21,22). The summed E-state index contributed by atoms with van der Waals surface area (Å²) in [6, 6.07) is 8.29. The van der Waals surface area contributed by atoms with Crippen LogP contribution in [0.25, 0.3) is 22.3 Å². The van der Waals surface area contributed by atoms with Gasteiger partial charge in [-0.15, -0.1) is 0 Å². The number of hydrogen-bond acceptors (Lipinski definition) is 5. The van der Waals surface area contributed by atoms with E-state index in [1.165, 1.54) is 12.1 Å². The summed E-state index contributed by atoms with van der Waals surface area (Å²) in [6.07, 6.45) is 5.26. The van der Waals surface area contributed by atoms with E-state index in [-0.39, 0.29) is 5.56 Å². The van der Waals surface area contributed by atoms with Gasteiger partial charge < -0.3 is 15.4 Å². The van der Waals surface area contributed by atoms with Crippen LogP contribution < -0.4 is 5.32 Å². The first-order chi connectivity index (χ1) is 11.7. The lowest BCUT2D eigenvalue weighted by atomic mass is 10.2. The summed E-state index contributed by atoms with van der Waals surface area (Å²) in [5, 5.41) is 19.7. The van der Waals surface area contributed by atoms with Gasteiger partial charge in [0.25, 0.3) is 0 Å². The summed E-state index contributed by atoms with van der Waals surface area (Å²) in [7, 11) is 0. The monoisotopic (exact) mass is 320 g/mol. The normalized spacial score (nSPS) is 10.8. The van der Waals surface area contributed by atoms with E-state index in [1.54, 1.807) is 30.7 Å². The number of aromatic nitrogens is 5. The molecule has 0 spiro atoms. The Morgan fingerprint density at radius 2 is 1.96 bits per heavy atom. The maximum Gasteiger partial charge on any atom is 0.335 e. The Kier molecular flexibility index (Phi) is 3.20. The van der Waals surface area contributed by atoms with Gasteiger partial charge in [0.1, 0.15) is 5.65 Å². The molecule has 4 aromatic rings. The van der Waals surface area contributed by atoms with Crippen LogP contribution in [0.15, 0.2) is 48.9 Å². The molecular formula is C16H12N6O2. The fourth-order valence-corrected chi connectivity index (χ4v) is 2.42. The van der Waals surface area contributed by atoms with Gasteiger partial charge in [0.05, 0.1) is 17.5 Å². The Morgan fingerprint density at radius 1 is 1.12 bits per heavy atom. The molecule has 1 aromatic carbocycles. The quantitative estimate of drug-likeness (QED) is 0.459. The molecule has 0 aliphatic carbocycles. The molecule has 0 aliphatic rings. The lowest BCUT2D eigenvalue weighted by Crippen LogP contribution is -2.00. The van der Waals surface area contributed by atoms with Gasteiger partial charge in [-0.3, -0.25) is 5.10 Å². The smallest absolute Gasteiger partial charge is 0.335 e. The zero-order valence-corrected chi connectivity index (χ0v) is 12.3. The minimum absolute atomic E-state index is 0.223. The molecule has 0 unspecified atom stereocenters. The second kappa shape index (κ2) is 5.51. The van der Waals surface area contributed by atoms with Crippen molar-refractivity contribution in [2.45, 2.75) is 0 Å². The molecule has 0 fully saturated rings. The number of rotatable bonds is 4. The van der Waals surface area contributed by atoms with E-state index in [0.29, 0.717) is 17.3 Å². The summed E-state index contributed by atoms with van der Waals surface area (Å²) in [6.45, 7) is 0. The molecule has 4 rings (SSSR count). The lowest BCUT2D eigenvalue weighted by molar-refractivity contribution is 0.0697. The lowest BCUT2D eigenvalue weighted by Gasteiger charge is -2.07. The van der Waals surface area contributed by atoms with E-state index >= 15 is 0 Å². The molecule has 0 aliphatic heterocycles. The molecule has 3 heterocycles. The number of anilines is 2. The topological polar surface area (TPSA) is 120 Å². The highest BCUT2D eigenvalue weighted by Gasteiger charge is 2.12. The largest absolute Gasteiger partial charge is 0.478 e. The summed E-state index contributed by atoms with van der Waals surface area (Å²) in [5.74, 6) is -0.558. The Bertz CT molecular complexity index is 1000. The van der Waals surface area contributed by atoms with Crippen molar-refractivity contribution in [3.8, 4) is 11.3 Å². The van der Waals surface area contributed by atoms with Gasteiger partial charge in [0.15, 0.2) is 0 Å². The first-order valence-corrected chi connectivity index (χ1v) is 7.15. The highest BCUT2D eigenvalue weighted by atomic mass is 16.4. The van der Waals surface area contributed by atoms with E-state index in [2.05, 4.69) is 30.5 Å². The molecular weight excluding hydrogens is 308 g/mol. The molecule has 4 N–H and O–H groups in total. The number of nitrogens with zero attached hydrogens (tertiary/aromatic N) is 3. The van der Waals surface area contributed by atoms with Crippen LogP contribution in [-0.4, -0.2) is 36.2 Å². The molecule has 0 atom stereocenters. The molecule has 8 nitrogen and oxygen atoms in total. The Morgan fingerprint density at radius 3 is 2.67 bits per heavy atom. The highest BCUT2D eigenvalue weighted by Crippen LogP contribution is 2.27. The second-order valence-electron chi connectivity index (χ2n) is 5.13. The van der Waals surface area contributed by atoms with Gasteiger partial charge >= 0.3 is 5.97 Å².